The largest absolute Gasteiger partial charge is 0.454 e. The molecular formula is C25H21NO5. The average molecular weight is 415 g/mol. The zero-order valence-corrected chi connectivity index (χ0v) is 16.9. The summed E-state index contributed by atoms with van der Waals surface area (Å²) in [4.78, 5) is 37.3. The Labute approximate surface area is 179 Å². The molecule has 0 aliphatic carbocycles. The summed E-state index contributed by atoms with van der Waals surface area (Å²) in [6, 6.07) is 23.1. The second kappa shape index (κ2) is 8.83. The van der Waals surface area contributed by atoms with Crippen LogP contribution in [0.4, 0.5) is 5.69 Å². The van der Waals surface area contributed by atoms with Crippen molar-refractivity contribution in [1.29, 1.82) is 0 Å². The van der Waals surface area contributed by atoms with Gasteiger partial charge in [0.25, 0.3) is 5.91 Å². The molecule has 6 nitrogen and oxygen atoms in total. The van der Waals surface area contributed by atoms with E-state index in [4.69, 9.17) is 9.47 Å². The molecular weight excluding hydrogens is 394 g/mol. The highest BCUT2D eigenvalue weighted by Gasteiger charge is 2.29. The number of carbonyl (C=O) groups is 3. The highest BCUT2D eigenvalue weighted by Crippen LogP contribution is 2.31. The first kappa shape index (κ1) is 20.3. The van der Waals surface area contributed by atoms with Gasteiger partial charge in [-0.1, -0.05) is 48.5 Å². The Kier molecular flexibility index (Phi) is 5.80. The molecule has 1 N–H and O–H groups in total. The number of hydrogen-bond acceptors (Lipinski definition) is 5. The first-order valence-electron chi connectivity index (χ1n) is 9.97. The molecule has 0 bridgehead atoms. The number of esters is 2. The van der Waals surface area contributed by atoms with Crippen LogP contribution in [-0.4, -0.2) is 23.9 Å². The highest BCUT2D eigenvalue weighted by atomic mass is 16.6. The molecule has 156 valence electrons. The van der Waals surface area contributed by atoms with Crippen LogP contribution in [0.1, 0.15) is 44.9 Å². The SMILES string of the molecule is CC(OC(=O)c1ccc2c(c1)CC(c1ccccc1)OC2=O)C(=O)Nc1ccccc1. The number of fused-ring (bicyclic) bond motifs is 1. The maximum atomic E-state index is 12.6. The average Bonchev–Trinajstić information content (AvgIpc) is 2.79. The molecule has 1 aliphatic rings. The van der Waals surface area contributed by atoms with Gasteiger partial charge in [0.05, 0.1) is 11.1 Å². The fourth-order valence-electron chi connectivity index (χ4n) is 3.42. The topological polar surface area (TPSA) is 81.7 Å². The van der Waals surface area contributed by atoms with E-state index in [0.29, 0.717) is 23.2 Å². The molecule has 0 saturated heterocycles. The molecule has 0 aromatic heterocycles. The molecule has 1 amide bonds. The summed E-state index contributed by atoms with van der Waals surface area (Å²) in [6.45, 7) is 1.51. The lowest BCUT2D eigenvalue weighted by molar-refractivity contribution is -0.123. The standard InChI is InChI=1S/C25H21NO5/c1-16(23(27)26-20-10-6-3-7-11-20)30-24(28)18-12-13-21-19(14-18)15-22(31-25(21)29)17-8-4-2-5-9-17/h2-14,16,22H,15H2,1H3,(H,26,27). The summed E-state index contributed by atoms with van der Waals surface area (Å²) in [6.07, 6.45) is -0.940. The van der Waals surface area contributed by atoms with Crippen molar-refractivity contribution < 1.29 is 23.9 Å². The smallest absolute Gasteiger partial charge is 0.339 e. The van der Waals surface area contributed by atoms with Gasteiger partial charge in [-0.15, -0.1) is 0 Å². The van der Waals surface area contributed by atoms with Gasteiger partial charge in [-0.2, -0.15) is 0 Å². The van der Waals surface area contributed by atoms with Crippen LogP contribution in [0, 0.1) is 0 Å². The van der Waals surface area contributed by atoms with Crippen LogP contribution in [0.25, 0.3) is 0 Å². The first-order chi connectivity index (χ1) is 15.0. The number of benzene rings is 3. The molecule has 1 aliphatic heterocycles. The Morgan fingerprint density at radius 1 is 1.00 bits per heavy atom. The predicted molar refractivity (Wildman–Crippen MR) is 115 cm³/mol. The van der Waals surface area contributed by atoms with Crippen molar-refractivity contribution in [1.82, 2.24) is 0 Å². The molecule has 1 heterocycles. The lowest BCUT2D eigenvalue weighted by Crippen LogP contribution is -2.30. The molecule has 31 heavy (non-hydrogen) atoms. The van der Waals surface area contributed by atoms with Crippen LogP contribution in [0.3, 0.4) is 0 Å². The third-order valence-electron chi connectivity index (χ3n) is 5.08. The Bertz CT molecular complexity index is 1110. The Morgan fingerprint density at radius 3 is 2.39 bits per heavy atom. The molecule has 3 aromatic carbocycles. The molecule has 2 unspecified atom stereocenters. The number of cyclic esters (lactones) is 1. The van der Waals surface area contributed by atoms with Gasteiger partial charge in [0.2, 0.25) is 0 Å². The van der Waals surface area contributed by atoms with Gasteiger partial charge in [-0.3, -0.25) is 4.79 Å². The van der Waals surface area contributed by atoms with E-state index in [1.165, 1.54) is 13.0 Å². The number of rotatable bonds is 5. The van der Waals surface area contributed by atoms with Gasteiger partial charge in [0.1, 0.15) is 6.10 Å². The Balaban J connectivity index is 1.46. The normalized spacial score (nSPS) is 15.9. The van der Waals surface area contributed by atoms with E-state index in [9.17, 15) is 14.4 Å². The van der Waals surface area contributed by atoms with Crippen molar-refractivity contribution in [3.8, 4) is 0 Å². The maximum absolute atomic E-state index is 12.6. The van der Waals surface area contributed by atoms with Crippen LogP contribution in [0.2, 0.25) is 0 Å². The number of para-hydroxylation sites is 1. The van der Waals surface area contributed by atoms with Crippen molar-refractivity contribution in [3.63, 3.8) is 0 Å². The van der Waals surface area contributed by atoms with Crippen LogP contribution in [0.5, 0.6) is 0 Å². The van der Waals surface area contributed by atoms with Crippen molar-refractivity contribution in [2.75, 3.05) is 5.32 Å². The van der Waals surface area contributed by atoms with Crippen molar-refractivity contribution in [3.05, 3.63) is 101 Å². The molecule has 0 fully saturated rings. The van der Waals surface area contributed by atoms with Crippen molar-refractivity contribution >= 4 is 23.5 Å². The summed E-state index contributed by atoms with van der Waals surface area (Å²) in [5.74, 6) is -1.48. The number of anilines is 1. The van der Waals surface area contributed by atoms with Crippen molar-refractivity contribution in [2.24, 2.45) is 0 Å². The van der Waals surface area contributed by atoms with Gasteiger partial charge < -0.3 is 14.8 Å². The summed E-state index contributed by atoms with van der Waals surface area (Å²) < 4.78 is 10.9. The Hall–Kier alpha value is -3.93. The summed E-state index contributed by atoms with van der Waals surface area (Å²) in [5, 5.41) is 2.70. The zero-order chi connectivity index (χ0) is 21.8. The van der Waals surface area contributed by atoms with Gasteiger partial charge in [-0.05, 0) is 48.4 Å². The molecule has 2 atom stereocenters. The first-order valence-corrected chi connectivity index (χ1v) is 9.97. The molecule has 0 spiro atoms. The third-order valence-corrected chi connectivity index (χ3v) is 5.08. The fraction of sp³-hybridized carbons (Fsp3) is 0.160. The minimum absolute atomic E-state index is 0.277. The van der Waals surface area contributed by atoms with Gasteiger partial charge in [-0.25, -0.2) is 9.59 Å². The number of ether oxygens (including phenoxy) is 2. The van der Waals surface area contributed by atoms with Crippen LogP contribution < -0.4 is 5.32 Å². The second-order valence-electron chi connectivity index (χ2n) is 7.28. The lowest BCUT2D eigenvalue weighted by atomic mass is 9.93. The Morgan fingerprint density at radius 2 is 1.68 bits per heavy atom. The summed E-state index contributed by atoms with van der Waals surface area (Å²) >= 11 is 0. The minimum Gasteiger partial charge on any atom is -0.454 e. The molecule has 0 saturated carbocycles. The number of carbonyl (C=O) groups excluding carboxylic acids is 3. The number of nitrogens with one attached hydrogen (secondary N) is 1. The van der Waals surface area contributed by atoms with E-state index < -0.39 is 30.1 Å². The van der Waals surface area contributed by atoms with E-state index in [2.05, 4.69) is 5.32 Å². The van der Waals surface area contributed by atoms with Crippen molar-refractivity contribution in [2.45, 2.75) is 25.6 Å². The number of hydrogen-bond donors (Lipinski definition) is 1. The lowest BCUT2D eigenvalue weighted by Gasteiger charge is -2.25. The molecule has 0 radical (unpaired) electrons. The minimum atomic E-state index is -0.981. The third kappa shape index (κ3) is 4.64. The van der Waals surface area contributed by atoms with Crippen LogP contribution >= 0.6 is 0 Å². The van der Waals surface area contributed by atoms with Gasteiger partial charge in [0.15, 0.2) is 6.10 Å². The van der Waals surface area contributed by atoms with Crippen LogP contribution in [-0.2, 0) is 20.7 Å². The van der Waals surface area contributed by atoms with E-state index in [1.54, 1.807) is 36.4 Å². The predicted octanol–water partition coefficient (Wildman–Crippen LogP) is 4.32. The number of amides is 1. The molecule has 4 rings (SSSR count). The maximum Gasteiger partial charge on any atom is 0.339 e. The van der Waals surface area contributed by atoms with E-state index in [1.807, 2.05) is 36.4 Å². The summed E-state index contributed by atoms with van der Waals surface area (Å²) in [7, 11) is 0. The zero-order valence-electron chi connectivity index (χ0n) is 16.9. The molecule has 3 aromatic rings. The monoisotopic (exact) mass is 415 g/mol. The second-order valence-corrected chi connectivity index (χ2v) is 7.28. The van der Waals surface area contributed by atoms with Crippen LogP contribution in [0.15, 0.2) is 78.9 Å². The van der Waals surface area contributed by atoms with E-state index >= 15 is 0 Å². The fourth-order valence-corrected chi connectivity index (χ4v) is 3.42. The van der Waals surface area contributed by atoms with Gasteiger partial charge in [0, 0.05) is 12.1 Å². The summed E-state index contributed by atoms with van der Waals surface area (Å²) in [5.41, 5.74) is 2.93. The quantitative estimate of drug-likeness (QED) is 0.628. The highest BCUT2D eigenvalue weighted by molar-refractivity contribution is 5.98. The van der Waals surface area contributed by atoms with E-state index in [0.717, 1.165) is 5.56 Å². The van der Waals surface area contributed by atoms with Gasteiger partial charge >= 0.3 is 11.9 Å². The molecule has 6 heteroatoms. The van der Waals surface area contributed by atoms with E-state index in [-0.39, 0.29) is 5.56 Å².